The maximum absolute atomic E-state index is 12.4. The van der Waals surface area contributed by atoms with Gasteiger partial charge in [-0.05, 0) is 30.0 Å². The van der Waals surface area contributed by atoms with Crippen molar-refractivity contribution in [1.82, 2.24) is 9.97 Å². The standard InChI is InChI=1S/C11H11ClF3N7S/c12-6-3-5(1-2-7(6)23-11(13,14)15)18-10-19-8(21-16)4-9(20-10)22-17/h1-4H,16-17H2,(H3,18,19,20,21,22). The Morgan fingerprint density at radius 3 is 2.13 bits per heavy atom. The molecule has 2 aromatic rings. The first-order valence-corrected chi connectivity index (χ1v) is 7.15. The molecule has 12 heteroatoms. The molecule has 0 atom stereocenters. The van der Waals surface area contributed by atoms with Crippen LogP contribution in [0.3, 0.4) is 0 Å². The largest absolute Gasteiger partial charge is 0.446 e. The topological polar surface area (TPSA) is 114 Å². The highest BCUT2D eigenvalue weighted by Crippen LogP contribution is 2.41. The fraction of sp³-hybridized carbons (Fsp3) is 0.0909. The van der Waals surface area contributed by atoms with Gasteiger partial charge in [-0.1, -0.05) is 11.6 Å². The third kappa shape index (κ3) is 5.03. The number of rotatable bonds is 5. The van der Waals surface area contributed by atoms with Gasteiger partial charge in [0.15, 0.2) is 0 Å². The summed E-state index contributed by atoms with van der Waals surface area (Å²) in [5.41, 5.74) is 0.655. The summed E-state index contributed by atoms with van der Waals surface area (Å²) in [6.07, 6.45) is 0. The molecule has 124 valence electrons. The van der Waals surface area contributed by atoms with Crippen molar-refractivity contribution in [2.75, 3.05) is 16.2 Å². The highest BCUT2D eigenvalue weighted by molar-refractivity contribution is 8.00. The number of nitrogen functional groups attached to an aromatic ring is 2. The van der Waals surface area contributed by atoms with Gasteiger partial charge in [-0.25, -0.2) is 11.7 Å². The van der Waals surface area contributed by atoms with E-state index in [2.05, 4.69) is 26.1 Å². The van der Waals surface area contributed by atoms with Crippen molar-refractivity contribution >= 4 is 46.6 Å². The van der Waals surface area contributed by atoms with Gasteiger partial charge in [0.05, 0.1) is 5.02 Å². The van der Waals surface area contributed by atoms with Crippen LogP contribution in [0.2, 0.25) is 5.02 Å². The number of thioether (sulfide) groups is 1. The molecular weight excluding hydrogens is 355 g/mol. The second kappa shape index (κ2) is 7.08. The molecule has 0 aliphatic heterocycles. The van der Waals surface area contributed by atoms with Crippen LogP contribution in [0, 0.1) is 0 Å². The van der Waals surface area contributed by atoms with Crippen molar-refractivity contribution in [3.63, 3.8) is 0 Å². The summed E-state index contributed by atoms with van der Waals surface area (Å²) in [6, 6.07) is 5.45. The lowest BCUT2D eigenvalue weighted by Gasteiger charge is -2.11. The second-order valence-electron chi connectivity index (χ2n) is 4.07. The first kappa shape index (κ1) is 17.4. The molecule has 0 saturated carbocycles. The van der Waals surface area contributed by atoms with E-state index >= 15 is 0 Å². The molecule has 0 radical (unpaired) electrons. The maximum Gasteiger partial charge on any atom is 0.446 e. The Bertz CT molecular complexity index is 676. The summed E-state index contributed by atoms with van der Waals surface area (Å²) in [4.78, 5) is 7.94. The molecule has 23 heavy (non-hydrogen) atoms. The SMILES string of the molecule is NNc1cc(NN)nc(Nc2ccc(SC(F)(F)F)c(Cl)c2)n1. The zero-order chi connectivity index (χ0) is 17.0. The molecule has 0 unspecified atom stereocenters. The van der Waals surface area contributed by atoms with Gasteiger partial charge >= 0.3 is 5.51 Å². The average molecular weight is 366 g/mol. The molecule has 7 nitrogen and oxygen atoms in total. The van der Waals surface area contributed by atoms with Gasteiger partial charge in [-0.2, -0.15) is 23.1 Å². The van der Waals surface area contributed by atoms with Gasteiger partial charge in [-0.15, -0.1) is 0 Å². The van der Waals surface area contributed by atoms with Crippen LogP contribution in [0.5, 0.6) is 0 Å². The van der Waals surface area contributed by atoms with Crippen molar-refractivity contribution in [3.05, 3.63) is 29.3 Å². The highest BCUT2D eigenvalue weighted by atomic mass is 35.5. The lowest BCUT2D eigenvalue weighted by molar-refractivity contribution is -0.0328. The number of aromatic nitrogens is 2. The summed E-state index contributed by atoms with van der Waals surface area (Å²) in [6.45, 7) is 0. The third-order valence-electron chi connectivity index (χ3n) is 2.44. The van der Waals surface area contributed by atoms with Crippen LogP contribution in [-0.2, 0) is 0 Å². The van der Waals surface area contributed by atoms with Gasteiger partial charge in [0.2, 0.25) is 5.95 Å². The molecule has 1 aromatic heterocycles. The second-order valence-corrected chi connectivity index (χ2v) is 5.58. The Morgan fingerprint density at radius 2 is 1.65 bits per heavy atom. The van der Waals surface area contributed by atoms with E-state index in [4.69, 9.17) is 23.3 Å². The van der Waals surface area contributed by atoms with Crippen molar-refractivity contribution in [3.8, 4) is 0 Å². The summed E-state index contributed by atoms with van der Waals surface area (Å²) in [5.74, 6) is 11.2. The van der Waals surface area contributed by atoms with Crippen molar-refractivity contribution in [2.24, 2.45) is 11.7 Å². The number of hydrogen-bond acceptors (Lipinski definition) is 8. The number of benzene rings is 1. The number of hydrazine groups is 2. The van der Waals surface area contributed by atoms with Crippen molar-refractivity contribution < 1.29 is 13.2 Å². The Balaban J connectivity index is 2.22. The summed E-state index contributed by atoms with van der Waals surface area (Å²) in [7, 11) is 0. The summed E-state index contributed by atoms with van der Waals surface area (Å²) >= 11 is 5.56. The van der Waals surface area contributed by atoms with Gasteiger partial charge < -0.3 is 16.2 Å². The minimum atomic E-state index is -4.41. The minimum Gasteiger partial charge on any atom is -0.324 e. The quantitative estimate of drug-likeness (QED) is 0.312. The molecule has 0 fully saturated rings. The Labute approximate surface area is 137 Å². The van der Waals surface area contributed by atoms with E-state index in [1.54, 1.807) is 0 Å². The van der Waals surface area contributed by atoms with Crippen LogP contribution in [0.4, 0.5) is 36.4 Å². The molecule has 0 bridgehead atoms. The number of nitrogens with zero attached hydrogens (tertiary/aromatic N) is 2. The van der Waals surface area contributed by atoms with E-state index in [9.17, 15) is 13.2 Å². The van der Waals surface area contributed by atoms with Crippen LogP contribution < -0.4 is 27.9 Å². The molecule has 0 spiro atoms. The molecule has 0 saturated heterocycles. The lowest BCUT2D eigenvalue weighted by atomic mass is 10.3. The molecule has 1 aromatic carbocycles. The number of anilines is 4. The lowest BCUT2D eigenvalue weighted by Crippen LogP contribution is -2.14. The number of hydrogen-bond donors (Lipinski definition) is 5. The number of halogens is 4. The Hall–Kier alpha value is -1.95. The average Bonchev–Trinajstić information content (AvgIpc) is 2.48. The number of nitrogens with two attached hydrogens (primary N) is 2. The third-order valence-corrected chi connectivity index (χ3v) is 3.67. The normalized spacial score (nSPS) is 11.2. The van der Waals surface area contributed by atoms with Gasteiger partial charge in [0.25, 0.3) is 0 Å². The predicted molar refractivity (Wildman–Crippen MR) is 84.3 cm³/mol. The maximum atomic E-state index is 12.4. The number of nitrogens with one attached hydrogen (secondary N) is 3. The number of alkyl halides is 3. The van der Waals surface area contributed by atoms with E-state index in [1.165, 1.54) is 24.3 Å². The smallest absolute Gasteiger partial charge is 0.324 e. The molecule has 1 heterocycles. The molecule has 7 N–H and O–H groups in total. The Kier molecular flexibility index (Phi) is 5.36. The van der Waals surface area contributed by atoms with Crippen molar-refractivity contribution in [2.45, 2.75) is 10.4 Å². The minimum absolute atomic E-state index is 0.0531. The van der Waals surface area contributed by atoms with E-state index in [0.29, 0.717) is 5.69 Å². The summed E-state index contributed by atoms with van der Waals surface area (Å²) in [5, 5.41) is 2.74. The molecule has 2 rings (SSSR count). The zero-order valence-corrected chi connectivity index (χ0v) is 12.9. The molecule has 0 amide bonds. The van der Waals surface area contributed by atoms with E-state index in [1.807, 2.05) is 0 Å². The Morgan fingerprint density at radius 1 is 1.04 bits per heavy atom. The molecule has 0 aliphatic carbocycles. The zero-order valence-electron chi connectivity index (χ0n) is 11.3. The van der Waals surface area contributed by atoms with Crippen LogP contribution in [-0.4, -0.2) is 15.5 Å². The van der Waals surface area contributed by atoms with E-state index in [-0.39, 0.29) is 39.3 Å². The van der Waals surface area contributed by atoms with E-state index in [0.717, 1.165) is 0 Å². The highest BCUT2D eigenvalue weighted by Gasteiger charge is 2.30. The van der Waals surface area contributed by atoms with E-state index < -0.39 is 5.51 Å². The van der Waals surface area contributed by atoms with Crippen molar-refractivity contribution in [1.29, 1.82) is 0 Å². The van der Waals surface area contributed by atoms with Crippen LogP contribution in [0.15, 0.2) is 29.2 Å². The molecular formula is C11H11ClF3N7S. The fourth-order valence-corrected chi connectivity index (χ4v) is 2.40. The predicted octanol–water partition coefficient (Wildman–Crippen LogP) is 3.06. The molecule has 0 aliphatic rings. The monoisotopic (exact) mass is 365 g/mol. The summed E-state index contributed by atoms with van der Waals surface area (Å²) < 4.78 is 37.1. The fourth-order valence-electron chi connectivity index (χ4n) is 1.57. The van der Waals surface area contributed by atoms with Crippen LogP contribution in [0.1, 0.15) is 0 Å². The van der Waals surface area contributed by atoms with Gasteiger partial charge in [0.1, 0.15) is 11.6 Å². The first-order valence-electron chi connectivity index (χ1n) is 5.95. The first-order chi connectivity index (χ1) is 10.8. The van der Waals surface area contributed by atoms with Gasteiger partial charge in [0, 0.05) is 16.6 Å². The van der Waals surface area contributed by atoms with Gasteiger partial charge in [-0.3, -0.25) is 0 Å². The van der Waals surface area contributed by atoms with Crippen LogP contribution >= 0.6 is 23.4 Å². The van der Waals surface area contributed by atoms with Crippen LogP contribution in [0.25, 0.3) is 0 Å².